The van der Waals surface area contributed by atoms with Crippen LogP contribution in [0.1, 0.15) is 33.6 Å². The van der Waals surface area contributed by atoms with Crippen molar-refractivity contribution in [3.05, 3.63) is 0 Å². The number of amides is 1. The first-order chi connectivity index (χ1) is 8.78. The molecule has 0 radical (unpaired) electrons. The lowest BCUT2D eigenvalue weighted by atomic mass is 9.70. The number of aliphatic carboxylic acids is 1. The minimum absolute atomic E-state index is 0.172. The normalized spacial score (nSPS) is 39.7. The summed E-state index contributed by atoms with van der Waals surface area (Å²) >= 11 is 0. The van der Waals surface area contributed by atoms with Crippen LogP contribution in [0.3, 0.4) is 0 Å². The molecule has 5 heteroatoms. The molecular formula is C14H21NO4. The number of fused-ring (bicyclic) bond motifs is 1. The van der Waals surface area contributed by atoms with E-state index in [1.807, 2.05) is 25.7 Å². The van der Waals surface area contributed by atoms with E-state index in [-0.39, 0.29) is 24.0 Å². The Bertz CT molecular complexity index is 428. The molecule has 0 spiro atoms. The summed E-state index contributed by atoms with van der Waals surface area (Å²) in [5.41, 5.74) is -0.470. The van der Waals surface area contributed by atoms with E-state index in [0.717, 1.165) is 19.4 Å². The number of nitrogens with zero attached hydrogens (tertiary/aromatic N) is 1. The third-order valence-electron chi connectivity index (χ3n) is 4.64. The van der Waals surface area contributed by atoms with Crippen LogP contribution in [0.2, 0.25) is 0 Å². The van der Waals surface area contributed by atoms with Crippen LogP contribution in [0.4, 0.5) is 4.79 Å². The van der Waals surface area contributed by atoms with E-state index in [0.29, 0.717) is 11.8 Å². The van der Waals surface area contributed by atoms with Gasteiger partial charge in [-0.25, -0.2) is 4.79 Å². The summed E-state index contributed by atoms with van der Waals surface area (Å²) in [5.74, 6) is 0.322. The summed E-state index contributed by atoms with van der Waals surface area (Å²) in [5, 5.41) is 9.01. The van der Waals surface area contributed by atoms with E-state index in [1.165, 1.54) is 0 Å². The van der Waals surface area contributed by atoms with Gasteiger partial charge in [-0.1, -0.05) is 0 Å². The van der Waals surface area contributed by atoms with Crippen molar-refractivity contribution in [2.45, 2.75) is 45.3 Å². The SMILES string of the molecule is CC(C)(C)OC(=O)N1C[C@@H]2C[C@H]1C2[C@@H]1C[C@H]1C(=O)O. The van der Waals surface area contributed by atoms with Crippen molar-refractivity contribution in [2.24, 2.45) is 23.7 Å². The molecule has 4 fully saturated rings. The Hall–Kier alpha value is -1.26. The van der Waals surface area contributed by atoms with Gasteiger partial charge < -0.3 is 14.7 Å². The van der Waals surface area contributed by atoms with Gasteiger partial charge in [-0.05, 0) is 51.4 Å². The number of hydrogen-bond acceptors (Lipinski definition) is 3. The topological polar surface area (TPSA) is 66.8 Å². The molecule has 2 bridgehead atoms. The molecule has 0 aromatic heterocycles. The first-order valence-electron chi connectivity index (χ1n) is 7.00. The molecule has 1 unspecified atom stereocenters. The van der Waals surface area contributed by atoms with Crippen LogP contribution in [0.5, 0.6) is 0 Å². The van der Waals surface area contributed by atoms with Crippen molar-refractivity contribution < 1.29 is 19.4 Å². The van der Waals surface area contributed by atoms with Crippen LogP contribution < -0.4 is 0 Å². The van der Waals surface area contributed by atoms with Gasteiger partial charge >= 0.3 is 12.1 Å². The van der Waals surface area contributed by atoms with Gasteiger partial charge in [-0.2, -0.15) is 0 Å². The molecule has 2 heterocycles. The molecule has 2 saturated heterocycles. The van der Waals surface area contributed by atoms with Gasteiger partial charge in [0.1, 0.15) is 5.60 Å². The van der Waals surface area contributed by atoms with Gasteiger partial charge in [0, 0.05) is 12.6 Å². The Labute approximate surface area is 112 Å². The maximum atomic E-state index is 12.1. The number of rotatable bonds is 2. The van der Waals surface area contributed by atoms with Crippen molar-refractivity contribution in [3.63, 3.8) is 0 Å². The van der Waals surface area contributed by atoms with Crippen LogP contribution in [0.25, 0.3) is 0 Å². The van der Waals surface area contributed by atoms with Crippen molar-refractivity contribution in [1.82, 2.24) is 4.90 Å². The number of ether oxygens (including phenoxy) is 1. The van der Waals surface area contributed by atoms with E-state index >= 15 is 0 Å². The highest BCUT2D eigenvalue weighted by Gasteiger charge is 2.63. The maximum Gasteiger partial charge on any atom is 0.410 e. The minimum Gasteiger partial charge on any atom is -0.481 e. The van der Waals surface area contributed by atoms with Crippen LogP contribution in [-0.2, 0) is 9.53 Å². The van der Waals surface area contributed by atoms with Gasteiger partial charge in [0.2, 0.25) is 0 Å². The number of hydrogen-bond donors (Lipinski definition) is 1. The van der Waals surface area contributed by atoms with E-state index in [2.05, 4.69) is 0 Å². The number of carbonyl (C=O) groups is 2. The Morgan fingerprint density at radius 1 is 1.26 bits per heavy atom. The fourth-order valence-corrected chi connectivity index (χ4v) is 3.75. The summed E-state index contributed by atoms with van der Waals surface area (Å²) in [6, 6.07) is 0.217. The fourth-order valence-electron chi connectivity index (χ4n) is 3.75. The highest BCUT2D eigenvalue weighted by atomic mass is 16.6. The molecule has 2 aliphatic heterocycles. The third-order valence-corrected chi connectivity index (χ3v) is 4.64. The summed E-state index contributed by atoms with van der Waals surface area (Å²) in [6.07, 6.45) is 1.57. The molecule has 0 aromatic carbocycles. The molecule has 2 saturated carbocycles. The highest BCUT2D eigenvalue weighted by molar-refractivity contribution is 5.74. The third kappa shape index (κ3) is 2.09. The Balaban J connectivity index is 1.61. The van der Waals surface area contributed by atoms with Gasteiger partial charge in [-0.15, -0.1) is 0 Å². The monoisotopic (exact) mass is 267 g/mol. The van der Waals surface area contributed by atoms with Crippen molar-refractivity contribution in [3.8, 4) is 0 Å². The highest BCUT2D eigenvalue weighted by Crippen LogP contribution is 2.59. The zero-order valence-electron chi connectivity index (χ0n) is 11.6. The average molecular weight is 267 g/mol. The van der Waals surface area contributed by atoms with Crippen molar-refractivity contribution in [1.29, 1.82) is 0 Å². The molecule has 5 nitrogen and oxygen atoms in total. The fraction of sp³-hybridized carbons (Fsp3) is 0.857. The van der Waals surface area contributed by atoms with Gasteiger partial charge in [0.25, 0.3) is 0 Å². The molecule has 106 valence electrons. The Morgan fingerprint density at radius 2 is 1.95 bits per heavy atom. The molecular weight excluding hydrogens is 246 g/mol. The van der Waals surface area contributed by atoms with Crippen LogP contribution >= 0.6 is 0 Å². The lowest BCUT2D eigenvalue weighted by molar-refractivity contribution is -0.139. The van der Waals surface area contributed by atoms with Crippen molar-refractivity contribution in [2.75, 3.05) is 6.54 Å². The predicted molar refractivity (Wildman–Crippen MR) is 67.6 cm³/mol. The largest absolute Gasteiger partial charge is 0.481 e. The molecule has 1 N–H and O–H groups in total. The average Bonchev–Trinajstić information content (AvgIpc) is 2.73. The second kappa shape index (κ2) is 3.87. The molecule has 0 aromatic rings. The standard InChI is InChI=1S/C14H21NO4/c1-14(2,3)19-13(18)15-6-7-4-10(15)11(7)8-5-9(8)12(16)17/h7-11H,4-6H2,1-3H3,(H,16,17)/t7-,8+,9+,10-,11?/m0/s1. The number of carboxylic acid groups (broad SMARTS) is 1. The van der Waals surface area contributed by atoms with E-state index < -0.39 is 11.6 Å². The number of carbonyl (C=O) groups excluding carboxylic acids is 1. The van der Waals surface area contributed by atoms with Gasteiger partial charge in [-0.3, -0.25) is 4.79 Å². The predicted octanol–water partition coefficient (Wildman–Crippen LogP) is 1.96. The lowest BCUT2D eigenvalue weighted by Gasteiger charge is -2.37. The molecule has 4 aliphatic rings. The lowest BCUT2D eigenvalue weighted by Crippen LogP contribution is -2.44. The first kappa shape index (κ1) is 12.8. The zero-order valence-corrected chi connectivity index (χ0v) is 11.6. The van der Waals surface area contributed by atoms with Gasteiger partial charge in [0.05, 0.1) is 5.92 Å². The zero-order chi connectivity index (χ0) is 13.9. The van der Waals surface area contributed by atoms with Crippen LogP contribution in [0.15, 0.2) is 0 Å². The summed E-state index contributed by atoms with van der Waals surface area (Å²) < 4.78 is 5.41. The Morgan fingerprint density at radius 3 is 2.47 bits per heavy atom. The van der Waals surface area contributed by atoms with Crippen molar-refractivity contribution >= 4 is 12.1 Å². The molecule has 19 heavy (non-hydrogen) atoms. The summed E-state index contributed by atoms with van der Waals surface area (Å²) in [7, 11) is 0. The van der Waals surface area contributed by atoms with Crippen LogP contribution in [-0.4, -0.2) is 40.3 Å². The Kier molecular flexibility index (Phi) is 2.60. The molecule has 4 rings (SSSR count). The first-order valence-corrected chi connectivity index (χ1v) is 7.00. The van der Waals surface area contributed by atoms with E-state index in [9.17, 15) is 9.59 Å². The summed E-state index contributed by atoms with van der Waals surface area (Å²) in [6.45, 7) is 6.34. The molecule has 5 atom stereocenters. The van der Waals surface area contributed by atoms with Gasteiger partial charge in [0.15, 0.2) is 0 Å². The second-order valence-corrected chi connectivity index (χ2v) is 7.12. The quantitative estimate of drug-likeness (QED) is 0.830. The summed E-state index contributed by atoms with van der Waals surface area (Å²) in [4.78, 5) is 24.9. The molecule has 2 aliphatic carbocycles. The van der Waals surface area contributed by atoms with E-state index in [1.54, 1.807) is 0 Å². The minimum atomic E-state index is -0.680. The van der Waals surface area contributed by atoms with E-state index in [4.69, 9.17) is 9.84 Å². The second-order valence-electron chi connectivity index (χ2n) is 7.12. The maximum absolute atomic E-state index is 12.1. The van der Waals surface area contributed by atoms with Crippen LogP contribution in [0, 0.1) is 23.7 Å². The number of carboxylic acids is 1. The smallest absolute Gasteiger partial charge is 0.410 e. The molecule has 1 amide bonds.